The Morgan fingerprint density at radius 1 is 1.06 bits per heavy atom. The van der Waals surface area contributed by atoms with Crippen LogP contribution in [0, 0.1) is 6.92 Å². The molecule has 1 N–H and O–H groups in total. The molecule has 0 spiro atoms. The van der Waals surface area contributed by atoms with Gasteiger partial charge in [0, 0.05) is 22.9 Å². The third kappa shape index (κ3) is 5.54. The second kappa shape index (κ2) is 10.4. The van der Waals surface area contributed by atoms with Gasteiger partial charge in [0.25, 0.3) is 5.91 Å². The molecule has 4 rings (SSSR count). The fraction of sp³-hybridized carbons (Fsp3) is 0.148. The van der Waals surface area contributed by atoms with Gasteiger partial charge in [-0.05, 0) is 61.9 Å². The minimum atomic E-state index is -0.260. The fourth-order valence-corrected chi connectivity index (χ4v) is 3.36. The number of para-hydroxylation sites is 1. The van der Waals surface area contributed by atoms with Crippen molar-refractivity contribution in [3.63, 3.8) is 0 Å². The van der Waals surface area contributed by atoms with Gasteiger partial charge in [-0.15, -0.1) is 0 Å². The lowest BCUT2D eigenvalue weighted by Gasteiger charge is -2.05. The van der Waals surface area contributed by atoms with Gasteiger partial charge >= 0.3 is 0 Å². The molecule has 0 aliphatic rings. The summed E-state index contributed by atoms with van der Waals surface area (Å²) in [7, 11) is 0. The van der Waals surface area contributed by atoms with Gasteiger partial charge in [-0.3, -0.25) is 4.79 Å². The largest absolute Gasteiger partial charge is 0.494 e. The van der Waals surface area contributed by atoms with Crippen LogP contribution < -0.4 is 10.2 Å². The van der Waals surface area contributed by atoms with Crippen molar-refractivity contribution in [2.24, 2.45) is 5.10 Å². The maximum atomic E-state index is 12.4. The Hall–Kier alpha value is -4.19. The van der Waals surface area contributed by atoms with Crippen LogP contribution >= 0.6 is 0 Å². The minimum Gasteiger partial charge on any atom is -0.494 e. The molecule has 1 heterocycles. The van der Waals surface area contributed by atoms with Crippen LogP contribution in [0.4, 0.5) is 0 Å². The van der Waals surface area contributed by atoms with Crippen LogP contribution in [-0.4, -0.2) is 28.5 Å². The van der Waals surface area contributed by atoms with Crippen LogP contribution in [0.15, 0.2) is 90.2 Å². The molecule has 0 saturated heterocycles. The molecule has 33 heavy (non-hydrogen) atoms. The van der Waals surface area contributed by atoms with Gasteiger partial charge in [0.05, 0.1) is 18.5 Å². The number of carbonyl (C=O) groups is 1. The second-order valence-corrected chi connectivity index (χ2v) is 7.65. The molecule has 6 nitrogen and oxygen atoms in total. The number of aryl methyl sites for hydroxylation is 1. The van der Waals surface area contributed by atoms with Crippen LogP contribution in [0.3, 0.4) is 0 Å². The number of carbonyl (C=O) groups excluding carboxylic acids is 1. The van der Waals surface area contributed by atoms with Crippen LogP contribution in [0.5, 0.6) is 5.75 Å². The van der Waals surface area contributed by atoms with Crippen molar-refractivity contribution < 1.29 is 9.53 Å². The summed E-state index contributed by atoms with van der Waals surface area (Å²) >= 11 is 0. The van der Waals surface area contributed by atoms with E-state index in [0.29, 0.717) is 12.2 Å². The number of nitrogens with zero attached hydrogens (tertiary/aromatic N) is 3. The lowest BCUT2D eigenvalue weighted by Crippen LogP contribution is -2.17. The summed E-state index contributed by atoms with van der Waals surface area (Å²) in [5.41, 5.74) is 7.60. The SMILES string of the molecule is CCCOc1ccc(-c2nn(-c3ccccc3)cc2/C=N\NC(=O)c2cccc(C)c2)cc1. The van der Waals surface area contributed by atoms with Crippen molar-refractivity contribution in [3.8, 4) is 22.7 Å². The van der Waals surface area contributed by atoms with Gasteiger partial charge in [0.15, 0.2) is 0 Å². The van der Waals surface area contributed by atoms with Crippen molar-refractivity contribution in [1.82, 2.24) is 15.2 Å². The average molecular weight is 439 g/mol. The zero-order chi connectivity index (χ0) is 23.0. The van der Waals surface area contributed by atoms with Crippen LogP contribution in [0.25, 0.3) is 16.9 Å². The normalized spacial score (nSPS) is 11.0. The van der Waals surface area contributed by atoms with Gasteiger partial charge in [-0.25, -0.2) is 10.1 Å². The van der Waals surface area contributed by atoms with Crippen molar-refractivity contribution >= 4 is 12.1 Å². The first-order valence-corrected chi connectivity index (χ1v) is 10.9. The van der Waals surface area contributed by atoms with Crippen molar-refractivity contribution in [2.45, 2.75) is 20.3 Å². The minimum absolute atomic E-state index is 0.260. The molecule has 3 aromatic carbocycles. The number of hydrazone groups is 1. The molecule has 0 saturated carbocycles. The standard InChI is InChI=1S/C27H26N4O2/c1-3-16-33-25-14-12-21(13-15-25)26-23(19-31(30-26)24-10-5-4-6-11-24)18-28-29-27(32)22-9-7-8-20(2)17-22/h4-15,17-19H,3,16H2,1-2H3,(H,29,32)/b28-18-. The third-order valence-corrected chi connectivity index (χ3v) is 5.01. The van der Waals surface area contributed by atoms with E-state index < -0.39 is 0 Å². The van der Waals surface area contributed by atoms with Crippen LogP contribution in [0.1, 0.15) is 34.8 Å². The Morgan fingerprint density at radius 2 is 1.85 bits per heavy atom. The van der Waals surface area contributed by atoms with Gasteiger partial charge in [0.1, 0.15) is 11.4 Å². The first-order valence-electron chi connectivity index (χ1n) is 10.9. The highest BCUT2D eigenvalue weighted by molar-refractivity contribution is 5.95. The molecule has 4 aromatic rings. The molecule has 0 bridgehead atoms. The first kappa shape index (κ1) is 22.0. The van der Waals surface area contributed by atoms with Gasteiger partial charge in [-0.2, -0.15) is 10.2 Å². The fourth-order valence-electron chi connectivity index (χ4n) is 3.36. The smallest absolute Gasteiger partial charge is 0.271 e. The number of nitrogens with one attached hydrogen (secondary N) is 1. The predicted octanol–water partition coefficient (Wildman–Crippen LogP) is 5.40. The van der Waals surface area contributed by atoms with E-state index in [1.54, 1.807) is 17.0 Å². The van der Waals surface area contributed by atoms with Crippen LogP contribution in [0.2, 0.25) is 0 Å². The zero-order valence-corrected chi connectivity index (χ0v) is 18.7. The highest BCUT2D eigenvalue weighted by atomic mass is 16.5. The number of ether oxygens (including phenoxy) is 1. The number of benzene rings is 3. The Balaban J connectivity index is 1.61. The summed E-state index contributed by atoms with van der Waals surface area (Å²) in [6.07, 6.45) is 4.48. The van der Waals surface area contributed by atoms with E-state index in [4.69, 9.17) is 9.84 Å². The number of amides is 1. The predicted molar refractivity (Wildman–Crippen MR) is 131 cm³/mol. The Labute approximate surface area is 193 Å². The molecule has 1 amide bonds. The summed E-state index contributed by atoms with van der Waals surface area (Å²) in [6, 6.07) is 25.1. The molecule has 1 aromatic heterocycles. The Morgan fingerprint density at radius 3 is 2.58 bits per heavy atom. The summed E-state index contributed by atoms with van der Waals surface area (Å²) in [5, 5.41) is 8.98. The summed E-state index contributed by atoms with van der Waals surface area (Å²) in [4.78, 5) is 12.4. The number of rotatable bonds is 8. The molecular weight excluding hydrogens is 412 g/mol. The van der Waals surface area contributed by atoms with E-state index in [1.165, 1.54) is 0 Å². The van der Waals surface area contributed by atoms with E-state index in [0.717, 1.165) is 40.2 Å². The lowest BCUT2D eigenvalue weighted by molar-refractivity contribution is 0.0955. The molecule has 166 valence electrons. The number of hydrogen-bond acceptors (Lipinski definition) is 4. The topological polar surface area (TPSA) is 68.5 Å². The molecule has 0 radical (unpaired) electrons. The summed E-state index contributed by atoms with van der Waals surface area (Å²) < 4.78 is 7.50. The van der Waals surface area contributed by atoms with Crippen molar-refractivity contribution in [1.29, 1.82) is 0 Å². The molecule has 0 unspecified atom stereocenters. The molecule has 0 atom stereocenters. The van der Waals surface area contributed by atoms with E-state index in [9.17, 15) is 4.79 Å². The van der Waals surface area contributed by atoms with Gasteiger partial charge in [-0.1, -0.05) is 42.8 Å². The zero-order valence-electron chi connectivity index (χ0n) is 18.7. The third-order valence-electron chi connectivity index (χ3n) is 5.01. The number of hydrogen-bond donors (Lipinski definition) is 1. The number of aromatic nitrogens is 2. The first-order chi connectivity index (χ1) is 16.1. The Kier molecular flexibility index (Phi) is 6.95. The molecule has 0 fully saturated rings. The monoisotopic (exact) mass is 438 g/mol. The van der Waals surface area contributed by atoms with Gasteiger partial charge < -0.3 is 4.74 Å². The average Bonchev–Trinajstić information content (AvgIpc) is 3.28. The van der Waals surface area contributed by atoms with Crippen LogP contribution in [-0.2, 0) is 0 Å². The van der Waals surface area contributed by atoms with Gasteiger partial charge in [0.2, 0.25) is 0 Å². The molecular formula is C27H26N4O2. The second-order valence-electron chi connectivity index (χ2n) is 7.65. The summed E-state index contributed by atoms with van der Waals surface area (Å²) in [5.74, 6) is 0.563. The maximum absolute atomic E-state index is 12.4. The maximum Gasteiger partial charge on any atom is 0.271 e. The molecule has 0 aliphatic carbocycles. The van der Waals surface area contributed by atoms with E-state index in [2.05, 4.69) is 17.5 Å². The van der Waals surface area contributed by atoms with Crippen molar-refractivity contribution in [3.05, 3.63) is 102 Å². The molecule has 0 aliphatic heterocycles. The Bertz CT molecular complexity index is 1240. The molecule has 6 heteroatoms. The van der Waals surface area contributed by atoms with E-state index >= 15 is 0 Å². The summed E-state index contributed by atoms with van der Waals surface area (Å²) in [6.45, 7) is 4.71. The van der Waals surface area contributed by atoms with E-state index in [1.807, 2.05) is 85.9 Å². The highest BCUT2D eigenvalue weighted by Gasteiger charge is 2.12. The van der Waals surface area contributed by atoms with E-state index in [-0.39, 0.29) is 5.91 Å². The quantitative estimate of drug-likeness (QED) is 0.296. The highest BCUT2D eigenvalue weighted by Crippen LogP contribution is 2.25. The van der Waals surface area contributed by atoms with Crippen molar-refractivity contribution in [2.75, 3.05) is 6.61 Å². The lowest BCUT2D eigenvalue weighted by atomic mass is 10.1.